The highest BCUT2D eigenvalue weighted by atomic mass is 16.1. The van der Waals surface area contributed by atoms with Crippen LogP contribution < -0.4 is 11.1 Å². The Morgan fingerprint density at radius 3 is 2.75 bits per heavy atom. The molecule has 20 heavy (non-hydrogen) atoms. The smallest absolute Gasteiger partial charge is 0.252 e. The van der Waals surface area contributed by atoms with Crippen LogP contribution in [0.3, 0.4) is 0 Å². The van der Waals surface area contributed by atoms with Gasteiger partial charge in [-0.2, -0.15) is 0 Å². The summed E-state index contributed by atoms with van der Waals surface area (Å²) in [5.74, 6) is 0.0472. The molecule has 5 heteroatoms. The molecule has 0 saturated carbocycles. The van der Waals surface area contributed by atoms with E-state index in [9.17, 15) is 4.79 Å². The van der Waals surface area contributed by atoms with E-state index in [2.05, 4.69) is 15.3 Å². The zero-order chi connectivity index (χ0) is 14.3. The fourth-order valence-electron chi connectivity index (χ4n) is 2.33. The zero-order valence-corrected chi connectivity index (χ0v) is 11.4. The van der Waals surface area contributed by atoms with Crippen molar-refractivity contribution in [2.45, 2.75) is 19.9 Å². The minimum atomic E-state index is -0.485. The maximum Gasteiger partial charge on any atom is 0.252 e. The van der Waals surface area contributed by atoms with E-state index in [1.807, 2.05) is 38.1 Å². The molecule has 0 fully saturated rings. The summed E-state index contributed by atoms with van der Waals surface area (Å²) in [6.07, 6.45) is 0. The number of carbonyl (C=O) groups excluding carboxylic acids is 1. The van der Waals surface area contributed by atoms with E-state index in [0.717, 1.165) is 21.9 Å². The number of pyridine rings is 1. The van der Waals surface area contributed by atoms with E-state index in [4.69, 9.17) is 5.73 Å². The summed E-state index contributed by atoms with van der Waals surface area (Å²) in [6, 6.07) is 9.84. The number of hydrogen-bond acceptors (Lipinski definition) is 3. The van der Waals surface area contributed by atoms with Crippen molar-refractivity contribution in [2.24, 2.45) is 5.73 Å². The molecule has 0 atom stereocenters. The van der Waals surface area contributed by atoms with Crippen molar-refractivity contribution in [3.05, 3.63) is 35.9 Å². The fourth-order valence-corrected chi connectivity index (χ4v) is 2.33. The minimum absolute atomic E-state index is 0.170. The van der Waals surface area contributed by atoms with Crippen LogP contribution in [0.1, 0.15) is 24.2 Å². The Kier molecular flexibility index (Phi) is 2.82. The lowest BCUT2D eigenvalue weighted by molar-refractivity contribution is 0.100. The van der Waals surface area contributed by atoms with Gasteiger partial charge in [0.25, 0.3) is 5.91 Å². The number of para-hydroxylation sites is 1. The molecule has 4 N–H and O–H groups in total. The number of hydrogen-bond donors (Lipinski definition) is 3. The second kappa shape index (κ2) is 4.52. The number of nitrogens with one attached hydrogen (secondary N) is 2. The third-order valence-corrected chi connectivity index (χ3v) is 3.16. The van der Waals surface area contributed by atoms with Gasteiger partial charge < -0.3 is 16.0 Å². The first-order valence-corrected chi connectivity index (χ1v) is 6.54. The minimum Gasteiger partial charge on any atom is -0.367 e. The Hall–Kier alpha value is -2.56. The molecule has 5 nitrogen and oxygen atoms in total. The number of benzene rings is 1. The van der Waals surface area contributed by atoms with Crippen LogP contribution >= 0.6 is 0 Å². The van der Waals surface area contributed by atoms with Crippen molar-refractivity contribution in [1.82, 2.24) is 9.97 Å². The molecule has 1 aromatic carbocycles. The molecule has 3 rings (SSSR count). The summed E-state index contributed by atoms with van der Waals surface area (Å²) in [5, 5.41) is 4.21. The highest BCUT2D eigenvalue weighted by molar-refractivity contribution is 6.09. The Morgan fingerprint density at radius 1 is 1.30 bits per heavy atom. The number of nitrogens with two attached hydrogens (primary N) is 1. The number of carbonyl (C=O) groups is 1. The van der Waals surface area contributed by atoms with E-state index in [1.165, 1.54) is 0 Å². The van der Waals surface area contributed by atoms with Crippen molar-refractivity contribution in [1.29, 1.82) is 0 Å². The maximum absolute atomic E-state index is 11.6. The lowest BCUT2D eigenvalue weighted by Gasteiger charge is -2.12. The number of nitrogens with zero attached hydrogens (tertiary/aromatic N) is 1. The summed E-state index contributed by atoms with van der Waals surface area (Å²) in [7, 11) is 0. The molecule has 1 amide bonds. The average molecular weight is 268 g/mol. The molecule has 0 aliphatic heterocycles. The van der Waals surface area contributed by atoms with Gasteiger partial charge >= 0.3 is 0 Å². The molecule has 2 heterocycles. The number of anilines is 1. The van der Waals surface area contributed by atoms with Crippen molar-refractivity contribution in [3.63, 3.8) is 0 Å². The van der Waals surface area contributed by atoms with Crippen molar-refractivity contribution in [3.8, 4) is 0 Å². The molecule has 2 aromatic heterocycles. The number of aromatic amines is 1. The Labute approximate surface area is 116 Å². The molecular formula is C15H16N4O. The van der Waals surface area contributed by atoms with E-state index >= 15 is 0 Å². The second-order valence-electron chi connectivity index (χ2n) is 5.11. The molecule has 0 saturated heterocycles. The largest absolute Gasteiger partial charge is 0.367 e. The topological polar surface area (TPSA) is 83.8 Å². The van der Waals surface area contributed by atoms with E-state index in [-0.39, 0.29) is 6.04 Å². The Morgan fingerprint density at radius 2 is 2.05 bits per heavy atom. The number of fused-ring (bicyclic) bond motifs is 3. The molecule has 102 valence electrons. The lowest BCUT2D eigenvalue weighted by atomic mass is 10.2. The molecule has 0 spiro atoms. The molecule has 0 unspecified atom stereocenters. The van der Waals surface area contributed by atoms with Crippen LogP contribution in [-0.4, -0.2) is 21.9 Å². The molecule has 0 aliphatic rings. The van der Waals surface area contributed by atoms with Crippen LogP contribution in [0.4, 0.5) is 5.82 Å². The van der Waals surface area contributed by atoms with Gasteiger partial charge in [-0.25, -0.2) is 4.98 Å². The first kappa shape index (κ1) is 12.5. The zero-order valence-electron chi connectivity index (χ0n) is 11.4. The van der Waals surface area contributed by atoms with Gasteiger partial charge in [0.05, 0.1) is 16.6 Å². The number of amides is 1. The highest BCUT2D eigenvalue weighted by Gasteiger charge is 2.15. The summed E-state index contributed by atoms with van der Waals surface area (Å²) in [6.45, 7) is 3.98. The van der Waals surface area contributed by atoms with Gasteiger partial charge in [0, 0.05) is 16.9 Å². The quantitative estimate of drug-likeness (QED) is 0.682. The third kappa shape index (κ3) is 1.97. The molecule has 0 aliphatic carbocycles. The summed E-state index contributed by atoms with van der Waals surface area (Å²) in [4.78, 5) is 19.4. The second-order valence-corrected chi connectivity index (χ2v) is 5.11. The summed E-state index contributed by atoms with van der Waals surface area (Å²) >= 11 is 0. The monoisotopic (exact) mass is 268 g/mol. The number of aromatic nitrogens is 2. The van der Waals surface area contributed by atoms with Gasteiger partial charge in [-0.3, -0.25) is 4.79 Å². The average Bonchev–Trinajstić information content (AvgIpc) is 2.75. The van der Waals surface area contributed by atoms with Crippen LogP contribution in [0.15, 0.2) is 30.3 Å². The predicted molar refractivity (Wildman–Crippen MR) is 80.9 cm³/mol. The molecule has 0 radical (unpaired) electrons. The first-order valence-electron chi connectivity index (χ1n) is 6.54. The van der Waals surface area contributed by atoms with Crippen LogP contribution in [-0.2, 0) is 0 Å². The normalized spacial score (nSPS) is 11.3. The van der Waals surface area contributed by atoms with Crippen LogP contribution in [0.25, 0.3) is 21.9 Å². The number of H-pyrrole nitrogens is 1. The standard InChI is InChI=1S/C15H16N4O/c1-8(2)17-15-10(14(16)20)7-12-13(19-15)9-5-3-4-6-11(9)18-12/h3-8,18H,1-2H3,(H2,16,20)(H,17,19). The predicted octanol–water partition coefficient (Wildman–Crippen LogP) is 2.64. The fraction of sp³-hybridized carbons (Fsp3) is 0.200. The van der Waals surface area contributed by atoms with Gasteiger partial charge in [-0.15, -0.1) is 0 Å². The third-order valence-electron chi connectivity index (χ3n) is 3.16. The number of primary amides is 1. The maximum atomic E-state index is 11.6. The van der Waals surface area contributed by atoms with Crippen LogP contribution in [0, 0.1) is 0 Å². The van der Waals surface area contributed by atoms with E-state index in [0.29, 0.717) is 11.4 Å². The van der Waals surface area contributed by atoms with Crippen molar-refractivity contribution < 1.29 is 4.79 Å². The summed E-state index contributed by atoms with van der Waals surface area (Å²) < 4.78 is 0. The van der Waals surface area contributed by atoms with Crippen LogP contribution in [0.5, 0.6) is 0 Å². The van der Waals surface area contributed by atoms with E-state index < -0.39 is 5.91 Å². The molecular weight excluding hydrogens is 252 g/mol. The summed E-state index contributed by atoms with van der Waals surface area (Å²) in [5.41, 5.74) is 8.49. The first-order chi connectivity index (χ1) is 9.56. The Balaban J connectivity index is 2.32. The van der Waals surface area contributed by atoms with Crippen molar-refractivity contribution >= 4 is 33.7 Å². The van der Waals surface area contributed by atoms with Gasteiger partial charge in [0.1, 0.15) is 5.82 Å². The van der Waals surface area contributed by atoms with Gasteiger partial charge in [0.2, 0.25) is 0 Å². The van der Waals surface area contributed by atoms with Crippen molar-refractivity contribution in [2.75, 3.05) is 5.32 Å². The lowest BCUT2D eigenvalue weighted by Crippen LogP contribution is -2.19. The van der Waals surface area contributed by atoms with Gasteiger partial charge in [-0.05, 0) is 26.0 Å². The van der Waals surface area contributed by atoms with Gasteiger partial charge in [-0.1, -0.05) is 18.2 Å². The Bertz CT molecular complexity index is 804. The highest BCUT2D eigenvalue weighted by Crippen LogP contribution is 2.27. The SMILES string of the molecule is CC(C)Nc1nc2c(cc1C(N)=O)[nH]c1ccccc12. The van der Waals surface area contributed by atoms with Crippen LogP contribution in [0.2, 0.25) is 0 Å². The van der Waals surface area contributed by atoms with E-state index in [1.54, 1.807) is 6.07 Å². The van der Waals surface area contributed by atoms with Gasteiger partial charge in [0.15, 0.2) is 0 Å². The molecule has 0 bridgehead atoms. The number of rotatable bonds is 3. The molecule has 3 aromatic rings.